The Morgan fingerprint density at radius 2 is 2.12 bits per heavy atom. The van der Waals surface area contributed by atoms with Gasteiger partial charge in [-0.1, -0.05) is 18.1 Å². The molecule has 82 valence electrons. The summed E-state index contributed by atoms with van der Waals surface area (Å²) in [5, 5.41) is 0. The van der Waals surface area contributed by atoms with Gasteiger partial charge in [0.15, 0.2) is 0 Å². The monoisotopic (exact) mass is 214 g/mol. The van der Waals surface area contributed by atoms with Gasteiger partial charge in [0.05, 0.1) is 6.54 Å². The summed E-state index contributed by atoms with van der Waals surface area (Å²) in [5.74, 6) is 2.29. The van der Waals surface area contributed by atoms with Gasteiger partial charge in [0.2, 0.25) is 5.91 Å². The summed E-state index contributed by atoms with van der Waals surface area (Å²) in [6, 6.07) is 7.27. The average Bonchev–Trinajstić information content (AvgIpc) is 2.28. The van der Waals surface area contributed by atoms with Crippen molar-refractivity contribution in [1.29, 1.82) is 0 Å². The third-order valence-corrected chi connectivity index (χ3v) is 2.06. The van der Waals surface area contributed by atoms with Crippen LogP contribution >= 0.6 is 0 Å². The molecule has 1 aromatic carbocycles. The van der Waals surface area contributed by atoms with Crippen LogP contribution in [0, 0.1) is 12.3 Å². The first kappa shape index (κ1) is 11.9. The smallest absolute Gasteiger partial charge is 0.247 e. The quantitative estimate of drug-likeness (QED) is 0.469. The van der Waals surface area contributed by atoms with Crippen molar-refractivity contribution in [3.8, 4) is 12.3 Å². The van der Waals surface area contributed by atoms with Crippen molar-refractivity contribution in [2.75, 3.05) is 19.3 Å². The first-order valence-electron chi connectivity index (χ1n) is 4.85. The summed E-state index contributed by atoms with van der Waals surface area (Å²) >= 11 is 0. The van der Waals surface area contributed by atoms with Gasteiger partial charge in [0.1, 0.15) is 0 Å². The number of carbonyl (C=O) groups excluding carboxylic acids is 1. The summed E-state index contributed by atoms with van der Waals surface area (Å²) in [7, 11) is 1.66. The van der Waals surface area contributed by atoms with Crippen LogP contribution in [0.4, 0.5) is 5.69 Å². The van der Waals surface area contributed by atoms with E-state index < -0.39 is 0 Å². The maximum absolute atomic E-state index is 11.5. The van der Waals surface area contributed by atoms with Gasteiger partial charge in [0.25, 0.3) is 0 Å². The Bertz CT molecular complexity index is 426. The second kappa shape index (κ2) is 5.62. The van der Waals surface area contributed by atoms with E-state index in [-0.39, 0.29) is 5.91 Å². The molecule has 3 nitrogen and oxygen atoms in total. The highest BCUT2D eigenvalue weighted by atomic mass is 16.2. The van der Waals surface area contributed by atoms with Crippen molar-refractivity contribution < 1.29 is 4.79 Å². The number of carbonyl (C=O) groups is 1. The van der Waals surface area contributed by atoms with Gasteiger partial charge in [-0.2, -0.15) is 0 Å². The molecule has 0 spiro atoms. The molecule has 0 saturated carbocycles. The lowest BCUT2D eigenvalue weighted by Crippen LogP contribution is -2.24. The number of rotatable bonds is 3. The van der Waals surface area contributed by atoms with Crippen molar-refractivity contribution in [1.82, 2.24) is 4.90 Å². The second-order valence-electron chi connectivity index (χ2n) is 3.40. The van der Waals surface area contributed by atoms with Crippen molar-refractivity contribution >= 4 is 17.7 Å². The molecule has 1 rings (SSSR count). The number of hydrogen-bond donors (Lipinski definition) is 1. The summed E-state index contributed by atoms with van der Waals surface area (Å²) in [4.78, 5) is 13.0. The Balaban J connectivity index is 2.64. The van der Waals surface area contributed by atoms with Crippen LogP contribution in [0.1, 0.15) is 5.56 Å². The number of benzene rings is 1. The van der Waals surface area contributed by atoms with E-state index in [1.165, 1.54) is 11.0 Å². The fraction of sp³-hybridized carbons (Fsp3) is 0.154. The zero-order valence-corrected chi connectivity index (χ0v) is 9.18. The molecule has 16 heavy (non-hydrogen) atoms. The van der Waals surface area contributed by atoms with E-state index in [1.54, 1.807) is 25.3 Å². The van der Waals surface area contributed by atoms with Crippen LogP contribution < -0.4 is 5.73 Å². The van der Waals surface area contributed by atoms with Crippen LogP contribution in [-0.2, 0) is 4.79 Å². The van der Waals surface area contributed by atoms with E-state index in [0.717, 1.165) is 5.56 Å². The SMILES string of the molecule is C#CCN(C)C(=O)/C=C/c1ccc(N)cc1. The number of nitrogens with zero attached hydrogens (tertiary/aromatic N) is 1. The average molecular weight is 214 g/mol. The summed E-state index contributed by atoms with van der Waals surface area (Å²) in [6.07, 6.45) is 8.33. The van der Waals surface area contributed by atoms with Gasteiger partial charge in [-0.25, -0.2) is 0 Å². The van der Waals surface area contributed by atoms with E-state index in [2.05, 4.69) is 5.92 Å². The van der Waals surface area contributed by atoms with E-state index >= 15 is 0 Å². The van der Waals surface area contributed by atoms with E-state index in [4.69, 9.17) is 12.2 Å². The van der Waals surface area contributed by atoms with E-state index in [9.17, 15) is 4.79 Å². The topological polar surface area (TPSA) is 46.3 Å². The van der Waals surface area contributed by atoms with Crippen molar-refractivity contribution in [2.45, 2.75) is 0 Å². The van der Waals surface area contributed by atoms with Gasteiger partial charge in [-0.15, -0.1) is 6.42 Å². The largest absolute Gasteiger partial charge is 0.399 e. The van der Waals surface area contributed by atoms with Crippen LogP contribution in [0.5, 0.6) is 0 Å². The van der Waals surface area contributed by atoms with Gasteiger partial charge in [0, 0.05) is 18.8 Å². The Hall–Kier alpha value is -2.21. The fourth-order valence-electron chi connectivity index (χ4n) is 1.12. The standard InChI is InChI=1S/C13H14N2O/c1-3-10-15(2)13(16)9-6-11-4-7-12(14)8-5-11/h1,4-9H,10,14H2,2H3/b9-6+. The van der Waals surface area contributed by atoms with Gasteiger partial charge >= 0.3 is 0 Å². The molecular weight excluding hydrogens is 200 g/mol. The molecule has 0 heterocycles. The third kappa shape index (κ3) is 3.50. The minimum Gasteiger partial charge on any atom is -0.399 e. The van der Waals surface area contributed by atoms with Crippen molar-refractivity contribution in [2.24, 2.45) is 0 Å². The normalized spacial score (nSPS) is 10.0. The number of anilines is 1. The van der Waals surface area contributed by atoms with E-state index in [0.29, 0.717) is 12.2 Å². The number of amides is 1. The highest BCUT2D eigenvalue weighted by Gasteiger charge is 2.01. The number of hydrogen-bond acceptors (Lipinski definition) is 2. The van der Waals surface area contributed by atoms with E-state index in [1.807, 2.05) is 12.1 Å². The molecule has 1 aromatic rings. The van der Waals surface area contributed by atoms with Gasteiger partial charge in [-0.3, -0.25) is 4.79 Å². The van der Waals surface area contributed by atoms with Crippen LogP contribution in [0.3, 0.4) is 0 Å². The molecule has 0 aliphatic rings. The number of likely N-dealkylation sites (N-methyl/N-ethyl adjacent to an activating group) is 1. The minimum atomic E-state index is -0.116. The lowest BCUT2D eigenvalue weighted by molar-refractivity contribution is -0.124. The predicted octanol–water partition coefficient (Wildman–Crippen LogP) is 1.37. The van der Waals surface area contributed by atoms with Gasteiger partial charge < -0.3 is 10.6 Å². The molecule has 2 N–H and O–H groups in total. The lowest BCUT2D eigenvalue weighted by Gasteiger charge is -2.09. The molecule has 0 radical (unpaired) electrons. The maximum Gasteiger partial charge on any atom is 0.247 e. The molecule has 1 amide bonds. The van der Waals surface area contributed by atoms with Crippen LogP contribution in [0.25, 0.3) is 6.08 Å². The highest BCUT2D eigenvalue weighted by molar-refractivity contribution is 5.91. The molecule has 0 aliphatic heterocycles. The molecule has 0 unspecified atom stereocenters. The van der Waals surface area contributed by atoms with Crippen LogP contribution in [0.15, 0.2) is 30.3 Å². The van der Waals surface area contributed by atoms with Crippen molar-refractivity contribution in [3.05, 3.63) is 35.9 Å². The molecule has 0 fully saturated rings. The molecule has 0 aromatic heterocycles. The molecule has 0 atom stereocenters. The summed E-state index contributed by atoms with van der Waals surface area (Å²) < 4.78 is 0. The zero-order valence-electron chi connectivity index (χ0n) is 9.18. The molecule has 3 heteroatoms. The summed E-state index contributed by atoms with van der Waals surface area (Å²) in [6.45, 7) is 0.310. The molecular formula is C13H14N2O. The number of terminal acetylenes is 1. The Labute approximate surface area is 95.6 Å². The predicted molar refractivity (Wildman–Crippen MR) is 66.4 cm³/mol. The number of nitrogen functional groups attached to an aromatic ring is 1. The Kier molecular flexibility index (Phi) is 4.16. The summed E-state index contributed by atoms with van der Waals surface area (Å²) in [5.41, 5.74) is 7.18. The fourth-order valence-corrected chi connectivity index (χ4v) is 1.12. The number of nitrogens with two attached hydrogens (primary N) is 1. The maximum atomic E-state index is 11.5. The van der Waals surface area contributed by atoms with Gasteiger partial charge in [-0.05, 0) is 23.8 Å². The first-order valence-corrected chi connectivity index (χ1v) is 4.85. The zero-order chi connectivity index (χ0) is 12.0. The van der Waals surface area contributed by atoms with Crippen LogP contribution in [0.2, 0.25) is 0 Å². The Morgan fingerprint density at radius 3 is 2.69 bits per heavy atom. The molecule has 0 bridgehead atoms. The van der Waals surface area contributed by atoms with Crippen molar-refractivity contribution in [3.63, 3.8) is 0 Å². The first-order chi connectivity index (χ1) is 7.63. The highest BCUT2D eigenvalue weighted by Crippen LogP contribution is 2.07. The second-order valence-corrected chi connectivity index (χ2v) is 3.40. The minimum absolute atomic E-state index is 0.116. The Morgan fingerprint density at radius 1 is 1.50 bits per heavy atom. The lowest BCUT2D eigenvalue weighted by atomic mass is 10.2. The third-order valence-electron chi connectivity index (χ3n) is 2.06. The molecule has 0 saturated heterocycles. The van der Waals surface area contributed by atoms with Crippen LogP contribution in [-0.4, -0.2) is 24.4 Å². The molecule has 0 aliphatic carbocycles.